The van der Waals surface area contributed by atoms with Crippen molar-refractivity contribution in [3.05, 3.63) is 66.0 Å². The molecule has 2 aliphatic rings. The molecule has 158 valence electrons. The number of hydrogen-bond acceptors (Lipinski definition) is 4. The number of hydrogen-bond donors (Lipinski definition) is 1. The second-order valence-corrected chi connectivity index (χ2v) is 8.22. The molecule has 1 unspecified atom stereocenters. The molecule has 1 N–H and O–H groups in total. The summed E-state index contributed by atoms with van der Waals surface area (Å²) in [5, 5.41) is 2.94. The maximum absolute atomic E-state index is 13.0. The van der Waals surface area contributed by atoms with E-state index in [0.717, 1.165) is 45.4 Å². The van der Waals surface area contributed by atoms with Gasteiger partial charge in [-0.05, 0) is 48.4 Å². The molecule has 2 aromatic rings. The number of piperidine rings is 1. The lowest BCUT2D eigenvalue weighted by atomic mass is 9.90. The first-order valence-corrected chi connectivity index (χ1v) is 10.9. The smallest absolute Gasteiger partial charge is 0.237 e. The summed E-state index contributed by atoms with van der Waals surface area (Å²) in [7, 11) is 0. The quantitative estimate of drug-likeness (QED) is 0.799. The van der Waals surface area contributed by atoms with E-state index >= 15 is 0 Å². The third-order valence-corrected chi connectivity index (χ3v) is 6.37. The second-order valence-electron chi connectivity index (χ2n) is 8.22. The van der Waals surface area contributed by atoms with E-state index in [1.54, 1.807) is 0 Å². The van der Waals surface area contributed by atoms with Crippen LogP contribution in [-0.2, 0) is 16.0 Å². The molecule has 1 aromatic heterocycles. The molecule has 0 radical (unpaired) electrons. The van der Waals surface area contributed by atoms with Gasteiger partial charge in [0.1, 0.15) is 0 Å². The molecule has 6 nitrogen and oxygen atoms in total. The number of aromatic nitrogens is 1. The van der Waals surface area contributed by atoms with E-state index in [1.807, 2.05) is 35.5 Å². The fourth-order valence-electron chi connectivity index (χ4n) is 4.56. The summed E-state index contributed by atoms with van der Waals surface area (Å²) in [4.78, 5) is 33.7. The highest BCUT2D eigenvalue weighted by atomic mass is 16.2. The molecule has 1 aromatic carbocycles. The zero-order valence-electron chi connectivity index (χ0n) is 17.4. The number of amides is 2. The minimum absolute atomic E-state index is 0.0191. The Bertz CT molecular complexity index is 835. The SMILES string of the molecule is O=C1NCCN(CCc2ccccc2)C1CC(=O)N1CCC(c2ccncc2)CC1. The number of likely N-dealkylation sites (tertiary alicyclic amines) is 1. The largest absolute Gasteiger partial charge is 0.353 e. The lowest BCUT2D eigenvalue weighted by Gasteiger charge is -2.37. The molecule has 3 heterocycles. The van der Waals surface area contributed by atoms with Crippen molar-refractivity contribution in [2.45, 2.75) is 37.6 Å². The number of piperazine rings is 1. The molecule has 2 fully saturated rings. The number of nitrogens with zero attached hydrogens (tertiary/aromatic N) is 3. The predicted molar refractivity (Wildman–Crippen MR) is 116 cm³/mol. The molecule has 4 rings (SSSR count). The first-order chi connectivity index (χ1) is 14.7. The fourth-order valence-corrected chi connectivity index (χ4v) is 4.56. The molecule has 0 aliphatic carbocycles. The zero-order chi connectivity index (χ0) is 20.8. The van der Waals surface area contributed by atoms with E-state index in [4.69, 9.17) is 0 Å². The number of pyridine rings is 1. The molecule has 2 saturated heterocycles. The fraction of sp³-hybridized carbons (Fsp3) is 0.458. The molecular formula is C24H30N4O2. The number of carbonyl (C=O) groups excluding carboxylic acids is 2. The average molecular weight is 407 g/mol. The van der Waals surface area contributed by atoms with Gasteiger partial charge in [-0.3, -0.25) is 19.5 Å². The van der Waals surface area contributed by atoms with Crippen molar-refractivity contribution < 1.29 is 9.59 Å². The van der Waals surface area contributed by atoms with Crippen molar-refractivity contribution in [1.82, 2.24) is 20.1 Å². The van der Waals surface area contributed by atoms with Gasteiger partial charge < -0.3 is 10.2 Å². The van der Waals surface area contributed by atoms with Crippen LogP contribution in [0, 0.1) is 0 Å². The van der Waals surface area contributed by atoms with Crippen LogP contribution in [0.3, 0.4) is 0 Å². The van der Waals surface area contributed by atoms with Gasteiger partial charge in [0.2, 0.25) is 11.8 Å². The number of benzene rings is 1. The molecule has 1 atom stereocenters. The average Bonchev–Trinajstić information content (AvgIpc) is 2.81. The Hall–Kier alpha value is -2.73. The van der Waals surface area contributed by atoms with E-state index in [1.165, 1.54) is 11.1 Å². The third-order valence-electron chi connectivity index (χ3n) is 6.37. The maximum atomic E-state index is 13.0. The van der Waals surface area contributed by atoms with Gasteiger partial charge in [-0.1, -0.05) is 30.3 Å². The maximum Gasteiger partial charge on any atom is 0.237 e. The number of nitrogens with one attached hydrogen (secondary N) is 1. The Morgan fingerprint density at radius 1 is 1.03 bits per heavy atom. The highest BCUT2D eigenvalue weighted by molar-refractivity contribution is 5.88. The topological polar surface area (TPSA) is 65.5 Å². The first kappa shape index (κ1) is 20.5. The second kappa shape index (κ2) is 9.85. The summed E-state index contributed by atoms with van der Waals surface area (Å²) in [6.45, 7) is 3.74. The van der Waals surface area contributed by atoms with E-state index in [-0.39, 0.29) is 24.3 Å². The van der Waals surface area contributed by atoms with Crippen molar-refractivity contribution in [1.29, 1.82) is 0 Å². The first-order valence-electron chi connectivity index (χ1n) is 10.9. The Labute approximate surface area is 178 Å². The lowest BCUT2D eigenvalue weighted by molar-refractivity contribution is -0.139. The van der Waals surface area contributed by atoms with Gasteiger partial charge in [-0.2, -0.15) is 0 Å². The Morgan fingerprint density at radius 3 is 2.50 bits per heavy atom. The van der Waals surface area contributed by atoms with Gasteiger partial charge in [0.25, 0.3) is 0 Å². The summed E-state index contributed by atoms with van der Waals surface area (Å²) in [5.41, 5.74) is 2.56. The molecule has 2 amide bonds. The molecule has 0 spiro atoms. The van der Waals surface area contributed by atoms with Gasteiger partial charge in [0.15, 0.2) is 0 Å². The van der Waals surface area contributed by atoms with Crippen molar-refractivity contribution in [3.8, 4) is 0 Å². The summed E-state index contributed by atoms with van der Waals surface area (Å²) < 4.78 is 0. The van der Waals surface area contributed by atoms with Crippen LogP contribution < -0.4 is 5.32 Å². The molecule has 2 aliphatic heterocycles. The molecule has 30 heavy (non-hydrogen) atoms. The monoisotopic (exact) mass is 406 g/mol. The summed E-state index contributed by atoms with van der Waals surface area (Å²) in [5.74, 6) is 0.557. The Kier molecular flexibility index (Phi) is 6.74. The minimum Gasteiger partial charge on any atom is -0.353 e. The van der Waals surface area contributed by atoms with Crippen LogP contribution >= 0.6 is 0 Å². The van der Waals surface area contributed by atoms with Crippen LogP contribution in [0.15, 0.2) is 54.9 Å². The van der Waals surface area contributed by atoms with Gasteiger partial charge >= 0.3 is 0 Å². The zero-order valence-corrected chi connectivity index (χ0v) is 17.4. The lowest BCUT2D eigenvalue weighted by Crippen LogP contribution is -2.57. The highest BCUT2D eigenvalue weighted by Crippen LogP contribution is 2.28. The molecule has 6 heteroatoms. The normalized spacial score (nSPS) is 20.7. The highest BCUT2D eigenvalue weighted by Gasteiger charge is 2.33. The van der Waals surface area contributed by atoms with Crippen LogP contribution in [-0.4, -0.2) is 65.4 Å². The van der Waals surface area contributed by atoms with E-state index in [0.29, 0.717) is 12.5 Å². The van der Waals surface area contributed by atoms with Crippen molar-refractivity contribution in [2.24, 2.45) is 0 Å². The van der Waals surface area contributed by atoms with E-state index in [9.17, 15) is 9.59 Å². The van der Waals surface area contributed by atoms with Crippen LogP contribution in [0.4, 0.5) is 0 Å². The van der Waals surface area contributed by atoms with Gasteiger partial charge in [-0.15, -0.1) is 0 Å². The van der Waals surface area contributed by atoms with Crippen molar-refractivity contribution in [3.63, 3.8) is 0 Å². The third kappa shape index (κ3) is 5.05. The summed E-state index contributed by atoms with van der Waals surface area (Å²) in [6, 6.07) is 14.1. The van der Waals surface area contributed by atoms with Crippen molar-refractivity contribution in [2.75, 3.05) is 32.7 Å². The van der Waals surface area contributed by atoms with Gasteiger partial charge in [-0.25, -0.2) is 0 Å². The van der Waals surface area contributed by atoms with Crippen LogP contribution in [0.2, 0.25) is 0 Å². The van der Waals surface area contributed by atoms with Gasteiger partial charge in [0.05, 0.1) is 12.5 Å². The molecular weight excluding hydrogens is 376 g/mol. The van der Waals surface area contributed by atoms with Crippen LogP contribution in [0.25, 0.3) is 0 Å². The molecule has 0 bridgehead atoms. The van der Waals surface area contributed by atoms with E-state index in [2.05, 4.69) is 39.5 Å². The predicted octanol–water partition coefficient (Wildman–Crippen LogP) is 2.22. The minimum atomic E-state index is -0.368. The van der Waals surface area contributed by atoms with Gasteiger partial charge in [0, 0.05) is 45.1 Å². The van der Waals surface area contributed by atoms with Crippen molar-refractivity contribution >= 4 is 11.8 Å². The summed E-state index contributed by atoms with van der Waals surface area (Å²) >= 11 is 0. The summed E-state index contributed by atoms with van der Waals surface area (Å²) in [6.07, 6.45) is 6.74. The standard InChI is InChI=1S/C24H30N4O2/c29-23(28-15-9-21(10-16-28)20-6-11-25-12-7-20)18-22-24(30)26-13-17-27(22)14-8-19-4-2-1-3-5-19/h1-7,11-12,21-22H,8-10,13-18H2,(H,26,30). The Balaban J connectivity index is 1.32. The molecule has 0 saturated carbocycles. The Morgan fingerprint density at radius 2 is 1.77 bits per heavy atom. The van der Waals surface area contributed by atoms with Crippen LogP contribution in [0.5, 0.6) is 0 Å². The number of rotatable bonds is 6. The van der Waals surface area contributed by atoms with E-state index < -0.39 is 0 Å². The van der Waals surface area contributed by atoms with Crippen LogP contribution in [0.1, 0.15) is 36.3 Å². The number of carbonyl (C=O) groups is 2.